The maximum atomic E-state index is 10.5. The van der Waals surface area contributed by atoms with E-state index in [0.717, 1.165) is 5.69 Å². The highest BCUT2D eigenvalue weighted by Gasteiger charge is 2.13. The normalized spacial score (nSPS) is 12.2. The van der Waals surface area contributed by atoms with Gasteiger partial charge in [0.15, 0.2) is 0 Å². The highest BCUT2D eigenvalue weighted by atomic mass is 16.4. The fourth-order valence-electron chi connectivity index (χ4n) is 1.21. The number of aromatic nitrogens is 2. The average Bonchev–Trinajstić information content (AvgIpc) is 2.17. The first-order chi connectivity index (χ1) is 7.00. The Kier molecular flexibility index (Phi) is 3.60. The zero-order valence-corrected chi connectivity index (χ0v) is 9.14. The summed E-state index contributed by atoms with van der Waals surface area (Å²) < 4.78 is 0. The van der Waals surface area contributed by atoms with Gasteiger partial charge in [-0.25, -0.2) is 9.97 Å². The van der Waals surface area contributed by atoms with E-state index in [1.54, 1.807) is 12.4 Å². The Bertz CT molecular complexity index is 337. The highest BCUT2D eigenvalue weighted by Crippen LogP contribution is 2.13. The lowest BCUT2D eigenvalue weighted by atomic mass is 10.2. The maximum Gasteiger partial charge on any atom is 0.305 e. The quantitative estimate of drug-likeness (QED) is 0.803. The molecule has 0 aliphatic rings. The third kappa shape index (κ3) is 3.19. The molecule has 15 heavy (non-hydrogen) atoms. The maximum absolute atomic E-state index is 10.5. The molecule has 0 fully saturated rings. The molecule has 0 bridgehead atoms. The smallest absolute Gasteiger partial charge is 0.305 e. The number of hydrogen-bond acceptors (Lipinski definition) is 4. The van der Waals surface area contributed by atoms with Crippen molar-refractivity contribution in [2.45, 2.75) is 26.3 Å². The molecule has 0 aromatic carbocycles. The zero-order valence-electron chi connectivity index (χ0n) is 9.14. The van der Waals surface area contributed by atoms with Crippen molar-refractivity contribution >= 4 is 11.7 Å². The molecule has 5 nitrogen and oxygen atoms in total. The number of aryl methyl sites for hydroxylation is 1. The Morgan fingerprint density at radius 3 is 2.53 bits per heavy atom. The molecule has 1 aromatic heterocycles. The number of aliphatic carboxylic acids is 1. The van der Waals surface area contributed by atoms with Crippen LogP contribution in [0.4, 0.5) is 5.69 Å². The van der Waals surface area contributed by atoms with Gasteiger partial charge in [0.25, 0.3) is 0 Å². The van der Waals surface area contributed by atoms with Crippen molar-refractivity contribution in [2.75, 3.05) is 11.9 Å². The van der Waals surface area contributed by atoms with Crippen LogP contribution in [0.15, 0.2) is 12.4 Å². The second-order valence-corrected chi connectivity index (χ2v) is 3.55. The average molecular weight is 209 g/mol. The number of carboxylic acids is 1. The Morgan fingerprint density at radius 1 is 1.53 bits per heavy atom. The first-order valence-electron chi connectivity index (χ1n) is 4.74. The fourth-order valence-corrected chi connectivity index (χ4v) is 1.21. The van der Waals surface area contributed by atoms with E-state index in [2.05, 4.69) is 9.97 Å². The molecule has 0 amide bonds. The molecule has 1 unspecified atom stereocenters. The van der Waals surface area contributed by atoms with Crippen LogP contribution in [0.1, 0.15) is 19.2 Å². The minimum Gasteiger partial charge on any atom is -0.481 e. The van der Waals surface area contributed by atoms with E-state index in [1.165, 1.54) is 0 Å². The van der Waals surface area contributed by atoms with Crippen LogP contribution in [0.25, 0.3) is 0 Å². The van der Waals surface area contributed by atoms with E-state index in [9.17, 15) is 4.79 Å². The zero-order chi connectivity index (χ0) is 11.4. The molecule has 82 valence electrons. The second kappa shape index (κ2) is 4.72. The minimum atomic E-state index is -0.803. The van der Waals surface area contributed by atoms with Crippen molar-refractivity contribution in [1.29, 1.82) is 0 Å². The molecule has 0 radical (unpaired) electrons. The van der Waals surface area contributed by atoms with E-state index in [-0.39, 0.29) is 12.5 Å². The third-order valence-electron chi connectivity index (χ3n) is 2.31. The van der Waals surface area contributed by atoms with Gasteiger partial charge in [0.1, 0.15) is 5.82 Å². The van der Waals surface area contributed by atoms with Crippen molar-refractivity contribution in [1.82, 2.24) is 9.97 Å². The molecule has 0 saturated heterocycles. The van der Waals surface area contributed by atoms with E-state index >= 15 is 0 Å². The van der Waals surface area contributed by atoms with Gasteiger partial charge in [0.2, 0.25) is 0 Å². The number of carboxylic acid groups (broad SMARTS) is 1. The number of hydrogen-bond donors (Lipinski definition) is 1. The van der Waals surface area contributed by atoms with Crippen LogP contribution < -0.4 is 4.90 Å². The van der Waals surface area contributed by atoms with E-state index in [4.69, 9.17) is 5.11 Å². The van der Waals surface area contributed by atoms with Gasteiger partial charge in [-0.05, 0) is 13.8 Å². The van der Waals surface area contributed by atoms with Crippen molar-refractivity contribution in [3.8, 4) is 0 Å². The lowest BCUT2D eigenvalue weighted by molar-refractivity contribution is -0.137. The molecule has 1 heterocycles. The predicted molar refractivity (Wildman–Crippen MR) is 56.9 cm³/mol. The van der Waals surface area contributed by atoms with Crippen molar-refractivity contribution in [3.63, 3.8) is 0 Å². The van der Waals surface area contributed by atoms with Crippen molar-refractivity contribution < 1.29 is 9.90 Å². The highest BCUT2D eigenvalue weighted by molar-refractivity contribution is 5.68. The lowest BCUT2D eigenvalue weighted by Crippen LogP contribution is -2.31. The van der Waals surface area contributed by atoms with Crippen molar-refractivity contribution in [3.05, 3.63) is 18.2 Å². The van der Waals surface area contributed by atoms with Gasteiger partial charge in [-0.15, -0.1) is 0 Å². The molecule has 1 rings (SSSR count). The summed E-state index contributed by atoms with van der Waals surface area (Å²) in [6, 6.07) is -0.0752. The van der Waals surface area contributed by atoms with Gasteiger partial charge < -0.3 is 10.0 Å². The van der Waals surface area contributed by atoms with Crippen LogP contribution in [0.5, 0.6) is 0 Å². The largest absolute Gasteiger partial charge is 0.481 e. The number of anilines is 1. The summed E-state index contributed by atoms with van der Waals surface area (Å²) in [6.07, 6.45) is 3.49. The third-order valence-corrected chi connectivity index (χ3v) is 2.31. The van der Waals surface area contributed by atoms with Gasteiger partial charge in [-0.1, -0.05) is 0 Å². The van der Waals surface area contributed by atoms with Crippen LogP contribution in [-0.2, 0) is 4.79 Å². The van der Waals surface area contributed by atoms with Crippen LogP contribution in [0, 0.1) is 6.92 Å². The first-order valence-corrected chi connectivity index (χ1v) is 4.74. The first kappa shape index (κ1) is 11.4. The van der Waals surface area contributed by atoms with Crippen molar-refractivity contribution in [2.24, 2.45) is 0 Å². The summed E-state index contributed by atoms with van der Waals surface area (Å²) in [5.41, 5.74) is 0.828. The van der Waals surface area contributed by atoms with Gasteiger partial charge in [-0.3, -0.25) is 4.79 Å². The molecule has 1 N–H and O–H groups in total. The van der Waals surface area contributed by atoms with Crippen LogP contribution in [-0.4, -0.2) is 34.1 Å². The Morgan fingerprint density at radius 2 is 2.07 bits per heavy atom. The number of nitrogens with zero attached hydrogens (tertiary/aromatic N) is 3. The van der Waals surface area contributed by atoms with E-state index < -0.39 is 5.97 Å². The number of rotatable bonds is 4. The molecular formula is C10H15N3O2. The number of carbonyl (C=O) groups is 1. The Balaban J connectivity index is 2.71. The molecule has 1 atom stereocenters. The second-order valence-electron chi connectivity index (χ2n) is 3.55. The Hall–Kier alpha value is -1.65. The standard InChI is InChI=1S/C10H15N3O2/c1-7(4-10(14)15)13(3)9-5-11-8(2)12-6-9/h5-7H,4H2,1-3H3,(H,14,15). The summed E-state index contributed by atoms with van der Waals surface area (Å²) in [5, 5.41) is 8.67. The van der Waals surface area contributed by atoms with E-state index in [0.29, 0.717) is 5.82 Å². The predicted octanol–water partition coefficient (Wildman–Crippen LogP) is 1.08. The molecule has 0 aliphatic heterocycles. The monoisotopic (exact) mass is 209 g/mol. The molecule has 5 heteroatoms. The van der Waals surface area contributed by atoms with E-state index in [1.807, 2.05) is 25.8 Å². The summed E-state index contributed by atoms with van der Waals surface area (Å²) in [4.78, 5) is 20.5. The van der Waals surface area contributed by atoms with Gasteiger partial charge in [0, 0.05) is 13.1 Å². The van der Waals surface area contributed by atoms with Gasteiger partial charge in [-0.2, -0.15) is 0 Å². The molecule has 0 saturated carbocycles. The molecule has 1 aromatic rings. The van der Waals surface area contributed by atoms with Crippen LogP contribution >= 0.6 is 0 Å². The minimum absolute atomic E-state index is 0.0752. The summed E-state index contributed by atoms with van der Waals surface area (Å²) in [5.74, 6) is -0.0968. The SMILES string of the molecule is Cc1ncc(N(C)C(C)CC(=O)O)cn1. The lowest BCUT2D eigenvalue weighted by Gasteiger charge is -2.24. The summed E-state index contributed by atoms with van der Waals surface area (Å²) in [6.45, 7) is 3.67. The molecular weight excluding hydrogens is 194 g/mol. The van der Waals surface area contributed by atoms with Gasteiger partial charge >= 0.3 is 5.97 Å². The fraction of sp³-hybridized carbons (Fsp3) is 0.500. The molecule has 0 aliphatic carbocycles. The molecule has 0 spiro atoms. The van der Waals surface area contributed by atoms with Gasteiger partial charge in [0.05, 0.1) is 24.5 Å². The Labute approximate surface area is 88.8 Å². The topological polar surface area (TPSA) is 66.3 Å². The van der Waals surface area contributed by atoms with Crippen LogP contribution in [0.3, 0.4) is 0 Å². The summed E-state index contributed by atoms with van der Waals surface area (Å²) in [7, 11) is 1.83. The summed E-state index contributed by atoms with van der Waals surface area (Å²) >= 11 is 0. The van der Waals surface area contributed by atoms with Crippen LogP contribution in [0.2, 0.25) is 0 Å².